The first-order valence-corrected chi connectivity index (χ1v) is 7.73. The molecule has 0 amide bonds. The summed E-state index contributed by atoms with van der Waals surface area (Å²) in [6.07, 6.45) is 2.84. The second kappa shape index (κ2) is 7.09. The lowest BCUT2D eigenvalue weighted by Crippen LogP contribution is -2.39. The van der Waals surface area contributed by atoms with Crippen LogP contribution >= 0.6 is 0 Å². The Balaban J connectivity index is 2.14. The summed E-state index contributed by atoms with van der Waals surface area (Å²) in [4.78, 5) is 2.49. The summed E-state index contributed by atoms with van der Waals surface area (Å²) in [7, 11) is 4.29. The van der Waals surface area contributed by atoms with Crippen LogP contribution in [-0.2, 0) is 0 Å². The van der Waals surface area contributed by atoms with Crippen LogP contribution in [0.15, 0.2) is 24.3 Å². The third-order valence-corrected chi connectivity index (χ3v) is 4.07. The van der Waals surface area contributed by atoms with Crippen molar-refractivity contribution in [1.29, 1.82) is 0 Å². The minimum atomic E-state index is 0.232. The summed E-state index contributed by atoms with van der Waals surface area (Å²) in [5, 5.41) is 3.34. The summed E-state index contributed by atoms with van der Waals surface area (Å²) in [5.74, 6) is 1.66. The fraction of sp³-hybridized carbons (Fsp3) is 0.647. The van der Waals surface area contributed by atoms with Crippen molar-refractivity contribution in [3.63, 3.8) is 0 Å². The van der Waals surface area contributed by atoms with Gasteiger partial charge in [0.25, 0.3) is 0 Å². The largest absolute Gasteiger partial charge is 0.491 e. The molecular weight excluding hydrogens is 248 g/mol. The normalized spacial score (nSPS) is 24.1. The van der Waals surface area contributed by atoms with Crippen LogP contribution in [0.4, 0.5) is 0 Å². The third-order valence-electron chi connectivity index (χ3n) is 4.07. The molecule has 0 aromatic heterocycles. The molecule has 0 saturated carbocycles. The molecule has 1 aliphatic rings. The van der Waals surface area contributed by atoms with Gasteiger partial charge < -0.3 is 10.1 Å². The average Bonchev–Trinajstić information content (AvgIpc) is 2.40. The fourth-order valence-corrected chi connectivity index (χ4v) is 3.28. The molecule has 1 aromatic rings. The number of nitrogens with zero attached hydrogens (tertiary/aromatic N) is 1. The number of nitrogens with one attached hydrogen (secondary N) is 1. The molecule has 1 saturated heterocycles. The molecule has 0 spiro atoms. The number of likely N-dealkylation sites (tertiary alicyclic amines) is 1. The number of piperidine rings is 1. The molecule has 1 aliphatic heterocycles. The minimum absolute atomic E-state index is 0.232. The van der Waals surface area contributed by atoms with Crippen molar-refractivity contribution in [1.82, 2.24) is 10.2 Å². The maximum absolute atomic E-state index is 5.73. The van der Waals surface area contributed by atoms with Gasteiger partial charge in [0.1, 0.15) is 5.75 Å². The molecule has 2 rings (SSSR count). The van der Waals surface area contributed by atoms with Gasteiger partial charge in [-0.15, -0.1) is 0 Å². The van der Waals surface area contributed by atoms with Crippen LogP contribution in [-0.4, -0.2) is 38.2 Å². The second-order valence-corrected chi connectivity index (χ2v) is 6.12. The van der Waals surface area contributed by atoms with Crippen molar-refractivity contribution in [3.8, 4) is 5.75 Å². The summed E-state index contributed by atoms with van der Waals surface area (Å²) in [5.41, 5.74) is 1.41. The van der Waals surface area contributed by atoms with E-state index in [0.717, 1.165) is 12.3 Å². The molecule has 20 heavy (non-hydrogen) atoms. The molecule has 3 nitrogen and oxygen atoms in total. The molecule has 3 heteroatoms. The van der Waals surface area contributed by atoms with Crippen LogP contribution in [0.25, 0.3) is 0 Å². The Labute approximate surface area is 123 Å². The van der Waals surface area contributed by atoms with Crippen molar-refractivity contribution in [2.45, 2.75) is 38.8 Å². The molecule has 1 fully saturated rings. The van der Waals surface area contributed by atoms with E-state index in [1.54, 1.807) is 0 Å². The molecule has 1 aromatic carbocycles. The summed E-state index contributed by atoms with van der Waals surface area (Å²) in [6, 6.07) is 9.19. The first kappa shape index (κ1) is 15.3. The predicted octanol–water partition coefficient (Wildman–Crippen LogP) is 3.08. The summed E-state index contributed by atoms with van der Waals surface area (Å²) >= 11 is 0. The van der Waals surface area contributed by atoms with Gasteiger partial charge in [0.2, 0.25) is 0 Å². The van der Waals surface area contributed by atoms with Gasteiger partial charge in [0.15, 0.2) is 0 Å². The van der Waals surface area contributed by atoms with E-state index in [0.29, 0.717) is 12.0 Å². The van der Waals surface area contributed by atoms with Gasteiger partial charge in [-0.3, -0.25) is 4.90 Å². The number of rotatable bonds is 5. The van der Waals surface area contributed by atoms with Crippen molar-refractivity contribution >= 4 is 0 Å². The molecular formula is C17H28N2O. The van der Waals surface area contributed by atoms with Crippen LogP contribution < -0.4 is 10.1 Å². The Bertz CT molecular complexity index is 400. The van der Waals surface area contributed by atoms with Crippen LogP contribution in [0.3, 0.4) is 0 Å². The zero-order valence-corrected chi connectivity index (χ0v) is 13.2. The Morgan fingerprint density at radius 1 is 1.30 bits per heavy atom. The van der Waals surface area contributed by atoms with E-state index in [9.17, 15) is 0 Å². The second-order valence-electron chi connectivity index (χ2n) is 6.12. The van der Waals surface area contributed by atoms with E-state index in [1.807, 2.05) is 7.05 Å². The fourth-order valence-electron chi connectivity index (χ4n) is 3.28. The Morgan fingerprint density at radius 2 is 2.00 bits per heavy atom. The third kappa shape index (κ3) is 3.74. The van der Waals surface area contributed by atoms with E-state index in [4.69, 9.17) is 4.74 Å². The molecule has 1 heterocycles. The summed E-state index contributed by atoms with van der Waals surface area (Å²) in [6.45, 7) is 6.39. The smallest absolute Gasteiger partial charge is 0.119 e. The molecule has 0 radical (unpaired) electrons. The van der Waals surface area contributed by atoms with E-state index >= 15 is 0 Å². The lowest BCUT2D eigenvalue weighted by Gasteiger charge is -2.39. The highest BCUT2D eigenvalue weighted by atomic mass is 16.5. The van der Waals surface area contributed by atoms with Crippen molar-refractivity contribution in [3.05, 3.63) is 29.8 Å². The molecule has 1 N–H and O–H groups in total. The molecule has 2 unspecified atom stereocenters. The SMILES string of the molecule is CNCC1CCCN(C)C1c1ccc(OC(C)C)cc1. The average molecular weight is 276 g/mol. The molecule has 0 bridgehead atoms. The maximum atomic E-state index is 5.73. The highest BCUT2D eigenvalue weighted by Gasteiger charge is 2.29. The highest BCUT2D eigenvalue weighted by Crippen LogP contribution is 2.35. The number of hydrogen-bond donors (Lipinski definition) is 1. The topological polar surface area (TPSA) is 24.5 Å². The monoisotopic (exact) mass is 276 g/mol. The Hall–Kier alpha value is -1.06. The Kier molecular flexibility index (Phi) is 5.44. The van der Waals surface area contributed by atoms with E-state index in [1.165, 1.54) is 24.9 Å². The zero-order valence-electron chi connectivity index (χ0n) is 13.2. The molecule has 2 atom stereocenters. The lowest BCUT2D eigenvalue weighted by atomic mass is 9.85. The van der Waals surface area contributed by atoms with E-state index in [2.05, 4.69) is 55.4 Å². The maximum Gasteiger partial charge on any atom is 0.119 e. The summed E-state index contributed by atoms with van der Waals surface area (Å²) < 4.78 is 5.73. The van der Waals surface area contributed by atoms with Crippen molar-refractivity contribution in [2.75, 3.05) is 27.2 Å². The van der Waals surface area contributed by atoms with Gasteiger partial charge in [0.05, 0.1) is 6.10 Å². The quantitative estimate of drug-likeness (QED) is 0.894. The van der Waals surface area contributed by atoms with Gasteiger partial charge in [-0.05, 0) is 77.5 Å². The number of hydrogen-bond acceptors (Lipinski definition) is 3. The number of benzene rings is 1. The van der Waals surface area contributed by atoms with Gasteiger partial charge >= 0.3 is 0 Å². The standard InChI is InChI=1S/C17H28N2O/c1-13(2)20-16-9-7-14(8-10-16)17-15(12-18-3)6-5-11-19(17)4/h7-10,13,15,17-18H,5-6,11-12H2,1-4H3. The zero-order chi connectivity index (χ0) is 14.5. The van der Waals surface area contributed by atoms with E-state index < -0.39 is 0 Å². The molecule has 112 valence electrons. The van der Waals surface area contributed by atoms with Crippen LogP contribution in [0.2, 0.25) is 0 Å². The minimum Gasteiger partial charge on any atom is -0.491 e. The van der Waals surface area contributed by atoms with Crippen LogP contribution in [0.1, 0.15) is 38.3 Å². The van der Waals surface area contributed by atoms with Crippen molar-refractivity contribution in [2.24, 2.45) is 5.92 Å². The first-order valence-electron chi connectivity index (χ1n) is 7.73. The van der Waals surface area contributed by atoms with Gasteiger partial charge in [-0.2, -0.15) is 0 Å². The van der Waals surface area contributed by atoms with Crippen LogP contribution in [0.5, 0.6) is 5.75 Å². The molecule has 0 aliphatic carbocycles. The lowest BCUT2D eigenvalue weighted by molar-refractivity contribution is 0.121. The number of ether oxygens (including phenoxy) is 1. The van der Waals surface area contributed by atoms with Crippen LogP contribution in [0, 0.1) is 5.92 Å². The van der Waals surface area contributed by atoms with Gasteiger partial charge in [-0.1, -0.05) is 12.1 Å². The van der Waals surface area contributed by atoms with Gasteiger partial charge in [-0.25, -0.2) is 0 Å². The van der Waals surface area contributed by atoms with Crippen molar-refractivity contribution < 1.29 is 4.74 Å². The first-order chi connectivity index (χ1) is 9.61. The van der Waals surface area contributed by atoms with E-state index in [-0.39, 0.29) is 6.10 Å². The highest BCUT2D eigenvalue weighted by molar-refractivity contribution is 5.30. The van der Waals surface area contributed by atoms with Gasteiger partial charge in [0, 0.05) is 6.04 Å². The predicted molar refractivity (Wildman–Crippen MR) is 84.2 cm³/mol. The Morgan fingerprint density at radius 3 is 2.60 bits per heavy atom.